The molecule has 1 aliphatic rings. The summed E-state index contributed by atoms with van der Waals surface area (Å²) in [5.74, 6) is -5.16. The van der Waals surface area contributed by atoms with Crippen LogP contribution in [0.15, 0.2) is 30.5 Å². The Morgan fingerprint density at radius 3 is 2.70 bits per heavy atom. The van der Waals surface area contributed by atoms with Gasteiger partial charge in [-0.25, -0.2) is 22.5 Å². The molecule has 0 unspecified atom stereocenters. The number of nitrogens with zero attached hydrogens (tertiary/aromatic N) is 5. The minimum atomic E-state index is -2.91. The Morgan fingerprint density at radius 2 is 2.02 bits per heavy atom. The fourth-order valence-corrected chi connectivity index (χ4v) is 6.90. The molecule has 0 amide bonds. The van der Waals surface area contributed by atoms with E-state index in [1.807, 2.05) is 6.07 Å². The van der Waals surface area contributed by atoms with Gasteiger partial charge in [0.15, 0.2) is 5.82 Å². The molecule has 2 atom stereocenters. The molecule has 1 saturated heterocycles. The Balaban J connectivity index is 1.55. The molecule has 0 spiro atoms. The number of hydrogen-bond donors (Lipinski definition) is 4. The molecule has 6 N–H and O–H groups in total. The molecule has 238 valence electrons. The summed E-state index contributed by atoms with van der Waals surface area (Å²) in [6.07, 6.45) is 1.05. The number of fused-ring (bicyclic) bond motifs is 2. The molecule has 3 aromatic heterocycles. The van der Waals surface area contributed by atoms with Crippen molar-refractivity contribution in [3.8, 4) is 29.0 Å². The highest BCUT2D eigenvalue weighted by atomic mass is 35.5. The van der Waals surface area contributed by atoms with Gasteiger partial charge in [0.05, 0.1) is 33.3 Å². The van der Waals surface area contributed by atoms with E-state index in [0.717, 1.165) is 17.4 Å². The predicted octanol–water partition coefficient (Wildman–Crippen LogP) is 6.47. The first-order valence-corrected chi connectivity index (χ1v) is 15.0. The number of aromatic nitrogens is 3. The number of alkyl halides is 2. The Labute approximate surface area is 268 Å². The van der Waals surface area contributed by atoms with Crippen LogP contribution < -0.4 is 21.5 Å². The number of halogens is 5. The van der Waals surface area contributed by atoms with Crippen LogP contribution in [0.3, 0.4) is 0 Å². The summed E-state index contributed by atoms with van der Waals surface area (Å²) in [6, 6.07) is 5.94. The lowest BCUT2D eigenvalue weighted by molar-refractivity contribution is 0.0136. The second kappa shape index (κ2) is 11.6. The third-order valence-corrected chi connectivity index (χ3v) is 9.31. The van der Waals surface area contributed by atoms with Crippen molar-refractivity contribution in [1.82, 2.24) is 19.9 Å². The van der Waals surface area contributed by atoms with Crippen molar-refractivity contribution in [2.45, 2.75) is 31.4 Å². The number of nitriles is 1. The molecule has 2 aromatic carbocycles. The second-order valence-corrected chi connectivity index (χ2v) is 12.4. The van der Waals surface area contributed by atoms with Gasteiger partial charge in [-0.15, -0.1) is 11.3 Å². The third kappa shape index (κ3) is 5.31. The maximum atomic E-state index is 16.7. The maximum Gasteiger partial charge on any atom is 0.319 e. The minimum Gasteiger partial charge on any atom is -0.506 e. The van der Waals surface area contributed by atoms with Gasteiger partial charge >= 0.3 is 6.01 Å². The molecule has 0 aliphatic carbocycles. The van der Waals surface area contributed by atoms with Gasteiger partial charge in [-0.2, -0.15) is 15.2 Å². The first-order valence-electron chi connectivity index (χ1n) is 13.8. The number of likely N-dealkylation sites (N-methyl/N-ethyl adjacent to an activating group) is 1. The number of phenols is 1. The Kier molecular flexibility index (Phi) is 7.91. The van der Waals surface area contributed by atoms with Gasteiger partial charge in [0.1, 0.15) is 46.4 Å². The quantitative estimate of drug-likeness (QED) is 0.141. The minimum absolute atomic E-state index is 0.00367. The van der Waals surface area contributed by atoms with E-state index in [-0.39, 0.29) is 61.4 Å². The van der Waals surface area contributed by atoms with Gasteiger partial charge in [0, 0.05) is 35.2 Å². The van der Waals surface area contributed by atoms with Gasteiger partial charge in [-0.3, -0.25) is 4.90 Å². The van der Waals surface area contributed by atoms with Crippen molar-refractivity contribution >= 4 is 60.6 Å². The molecule has 0 radical (unpaired) electrons. The van der Waals surface area contributed by atoms with E-state index >= 15 is 4.39 Å². The summed E-state index contributed by atoms with van der Waals surface area (Å²) in [5.41, 5.74) is 11.7. The van der Waals surface area contributed by atoms with Crippen molar-refractivity contribution in [1.29, 1.82) is 5.26 Å². The normalized spacial score (nSPS) is 17.0. The molecule has 6 rings (SSSR count). The Bertz CT molecular complexity index is 2070. The van der Waals surface area contributed by atoms with E-state index < -0.39 is 58.9 Å². The van der Waals surface area contributed by atoms with Gasteiger partial charge < -0.3 is 26.6 Å². The number of likely N-dealkylation sites (tertiary alicyclic amines) is 1. The number of phenolic OH excluding ortho intramolecular Hbond substituents is 1. The van der Waals surface area contributed by atoms with Crippen molar-refractivity contribution in [2.24, 2.45) is 0 Å². The monoisotopic (exact) mass is 672 g/mol. The number of rotatable bonds is 7. The Morgan fingerprint density at radius 1 is 1.26 bits per heavy atom. The predicted molar refractivity (Wildman–Crippen MR) is 168 cm³/mol. The molecule has 0 bridgehead atoms. The van der Waals surface area contributed by atoms with Crippen LogP contribution >= 0.6 is 22.9 Å². The van der Waals surface area contributed by atoms with E-state index in [1.165, 1.54) is 24.2 Å². The molecule has 1 aliphatic heterocycles. The highest BCUT2D eigenvalue weighted by Crippen LogP contribution is 2.49. The number of benzene rings is 2. The Hall–Kier alpha value is -4.65. The number of hydrogen-bond acceptors (Lipinski definition) is 11. The lowest BCUT2D eigenvalue weighted by atomic mass is 9.96. The summed E-state index contributed by atoms with van der Waals surface area (Å²) in [5, 5.41) is 23.6. The maximum absolute atomic E-state index is 16.7. The van der Waals surface area contributed by atoms with Gasteiger partial charge in [-0.1, -0.05) is 23.7 Å². The first-order chi connectivity index (χ1) is 21.8. The van der Waals surface area contributed by atoms with Crippen LogP contribution in [0.5, 0.6) is 11.8 Å². The van der Waals surface area contributed by atoms with E-state index in [4.69, 9.17) is 27.8 Å². The summed E-state index contributed by atoms with van der Waals surface area (Å²) in [7, 11) is 1.53. The highest BCUT2D eigenvalue weighted by Gasteiger charge is 2.43. The van der Waals surface area contributed by atoms with Crippen LogP contribution in [0, 0.1) is 23.0 Å². The van der Waals surface area contributed by atoms with Gasteiger partial charge in [0.2, 0.25) is 0 Å². The van der Waals surface area contributed by atoms with Gasteiger partial charge in [-0.05, 0) is 31.7 Å². The fraction of sp³-hybridized carbons (Fsp3) is 0.267. The summed E-state index contributed by atoms with van der Waals surface area (Å²) in [4.78, 5) is 14.1. The third-order valence-electron chi connectivity index (χ3n) is 7.91. The summed E-state index contributed by atoms with van der Waals surface area (Å²) >= 11 is 7.43. The second-order valence-electron chi connectivity index (χ2n) is 11.0. The lowest BCUT2D eigenvalue weighted by Gasteiger charge is -2.21. The van der Waals surface area contributed by atoms with Crippen LogP contribution in [-0.2, 0) is 0 Å². The topological polar surface area (TPSA) is 159 Å². The molecule has 1 fully saturated rings. The number of ether oxygens (including phenoxy) is 1. The number of pyridine rings is 1. The molecular weight excluding hydrogens is 648 g/mol. The van der Waals surface area contributed by atoms with E-state index in [0.29, 0.717) is 5.56 Å². The van der Waals surface area contributed by atoms with Crippen molar-refractivity contribution in [3.05, 3.63) is 58.2 Å². The molecule has 4 heterocycles. The molecule has 16 heteroatoms. The highest BCUT2D eigenvalue weighted by molar-refractivity contribution is 7.23. The van der Waals surface area contributed by atoms with Crippen LogP contribution in [0.1, 0.15) is 30.5 Å². The average Bonchev–Trinajstić information content (AvgIpc) is 3.49. The zero-order chi connectivity index (χ0) is 33.1. The van der Waals surface area contributed by atoms with E-state index in [9.17, 15) is 23.5 Å². The van der Waals surface area contributed by atoms with Crippen LogP contribution in [0.2, 0.25) is 5.02 Å². The molecule has 0 saturated carbocycles. The number of nitrogen functional groups attached to an aromatic ring is 2. The fourth-order valence-electron chi connectivity index (χ4n) is 5.68. The smallest absolute Gasteiger partial charge is 0.319 e. The van der Waals surface area contributed by atoms with Crippen molar-refractivity contribution < 1.29 is 27.4 Å². The number of nitrogens with one attached hydrogen (secondary N) is 1. The van der Waals surface area contributed by atoms with Crippen LogP contribution in [0.4, 0.5) is 34.2 Å². The van der Waals surface area contributed by atoms with Crippen LogP contribution in [-0.4, -0.2) is 57.1 Å². The molecule has 46 heavy (non-hydrogen) atoms. The number of anilines is 3. The van der Waals surface area contributed by atoms with Crippen molar-refractivity contribution in [2.75, 3.05) is 37.0 Å². The standard InChI is InChI=1S/C30H25ClF4N8O2S/c1-12(14-4-3-7-39-26(14)37)40-28-20-23(41-29(42-28)45-10-13-8-30(34,35)11-43(13)2)22(33)19(21(31)24(20)44)15-5-6-17(32)25-18(15)16(9-36)27(38)46-25/h3-7,12-13,44H,8,10-11,38H2,1-2H3,(H2,37,39)(H,40,41,42)/t12-,13+/m1/s1. The molecule has 5 aromatic rings. The SMILES string of the molecule is C[C@@H](Nc1nc(OC[C@@H]2CC(F)(F)CN2C)nc2c(F)c(-c3ccc(F)c4sc(N)c(C#N)c34)c(Cl)c(O)c12)c1cccnc1N. The van der Waals surface area contributed by atoms with E-state index in [2.05, 4.69) is 20.3 Å². The average molecular weight is 673 g/mol. The molecular formula is C30H25ClF4N8O2S. The lowest BCUT2D eigenvalue weighted by Crippen LogP contribution is -2.31. The van der Waals surface area contributed by atoms with Crippen LogP contribution in [0.25, 0.3) is 32.1 Å². The summed E-state index contributed by atoms with van der Waals surface area (Å²) in [6.45, 7) is 1.03. The van der Waals surface area contributed by atoms with E-state index in [1.54, 1.807) is 19.1 Å². The number of thiophene rings is 1. The first kappa shape index (κ1) is 31.3. The van der Waals surface area contributed by atoms with Crippen molar-refractivity contribution in [3.63, 3.8) is 0 Å². The zero-order valence-corrected chi connectivity index (χ0v) is 25.8. The molecule has 10 nitrogen and oxygen atoms in total. The zero-order valence-electron chi connectivity index (χ0n) is 24.2. The number of aromatic hydroxyl groups is 1. The number of nitrogens with two attached hydrogens (primary N) is 2. The summed E-state index contributed by atoms with van der Waals surface area (Å²) < 4.78 is 65.3. The largest absolute Gasteiger partial charge is 0.506 e. The van der Waals surface area contributed by atoms with Gasteiger partial charge in [0.25, 0.3) is 5.92 Å².